The summed E-state index contributed by atoms with van der Waals surface area (Å²) in [5.41, 5.74) is 2.14. The fraction of sp³-hybridized carbons (Fsp3) is 0.480. The summed E-state index contributed by atoms with van der Waals surface area (Å²) < 4.78 is 21.7. The quantitative estimate of drug-likeness (QED) is 0.693. The topological polar surface area (TPSA) is 66.0 Å². The highest BCUT2D eigenvalue weighted by molar-refractivity contribution is 5.75. The van der Waals surface area contributed by atoms with Gasteiger partial charge in [-0.15, -0.1) is 0 Å². The number of ether oxygens (including phenoxy) is 4. The van der Waals surface area contributed by atoms with Crippen LogP contribution in [0.3, 0.4) is 0 Å². The van der Waals surface area contributed by atoms with Gasteiger partial charge in [0.1, 0.15) is 5.75 Å². The summed E-state index contributed by atoms with van der Waals surface area (Å²) in [5, 5.41) is 3.49. The summed E-state index contributed by atoms with van der Waals surface area (Å²) >= 11 is 0. The predicted octanol–water partition coefficient (Wildman–Crippen LogP) is 4.74. The summed E-state index contributed by atoms with van der Waals surface area (Å²) in [4.78, 5) is 13.0. The van der Waals surface area contributed by atoms with Gasteiger partial charge in [0.15, 0.2) is 11.5 Å². The summed E-state index contributed by atoms with van der Waals surface area (Å²) in [5.74, 6) is 1.82. The van der Waals surface area contributed by atoms with E-state index >= 15 is 0 Å². The minimum absolute atomic E-state index is 0. The molecule has 2 heterocycles. The molecule has 3 unspecified atom stereocenters. The van der Waals surface area contributed by atoms with E-state index in [4.69, 9.17) is 18.9 Å². The molecule has 2 aromatic rings. The standard InChI is InChI=1S/C22H25NO5.C2H6.CH4/c1-3-26-22(24)21-17(14-4-7-16(25-2)8-5-14)11-23-12-18(21)15-6-9-19-20(10-15)28-13-27-19;1-2;/h4-10,17-18,21,23H,3,11-13H2,1-2H3;1-2H3;1H4. The smallest absolute Gasteiger partial charge is 0.310 e. The van der Waals surface area contributed by atoms with Crippen molar-refractivity contribution in [1.82, 2.24) is 5.32 Å². The van der Waals surface area contributed by atoms with E-state index in [1.54, 1.807) is 7.11 Å². The van der Waals surface area contributed by atoms with E-state index in [-0.39, 0.29) is 37.9 Å². The monoisotopic (exact) mass is 429 g/mol. The molecular formula is C25H35NO5. The van der Waals surface area contributed by atoms with Crippen LogP contribution >= 0.6 is 0 Å². The van der Waals surface area contributed by atoms with Crippen LogP contribution in [0.15, 0.2) is 42.5 Å². The number of methoxy groups -OCH3 is 1. The highest BCUT2D eigenvalue weighted by atomic mass is 16.7. The highest BCUT2D eigenvalue weighted by Crippen LogP contribution is 2.42. The molecule has 170 valence electrons. The lowest BCUT2D eigenvalue weighted by Gasteiger charge is -2.37. The molecule has 31 heavy (non-hydrogen) atoms. The van der Waals surface area contributed by atoms with Gasteiger partial charge in [0, 0.05) is 24.9 Å². The zero-order chi connectivity index (χ0) is 21.5. The Morgan fingerprint density at radius 1 is 1.00 bits per heavy atom. The van der Waals surface area contributed by atoms with Crippen LogP contribution in [0.25, 0.3) is 0 Å². The molecule has 0 aromatic heterocycles. The second kappa shape index (κ2) is 11.6. The molecule has 2 aromatic carbocycles. The second-order valence-electron chi connectivity index (χ2n) is 7.03. The number of carbonyl (C=O) groups excluding carboxylic acids is 1. The molecule has 1 saturated heterocycles. The molecule has 1 fully saturated rings. The van der Waals surface area contributed by atoms with Crippen LogP contribution in [0.4, 0.5) is 0 Å². The minimum atomic E-state index is -0.282. The molecule has 0 aliphatic carbocycles. The fourth-order valence-electron chi connectivity index (χ4n) is 4.14. The molecule has 6 heteroatoms. The number of benzene rings is 2. The van der Waals surface area contributed by atoms with Gasteiger partial charge in [-0.2, -0.15) is 0 Å². The zero-order valence-corrected chi connectivity index (χ0v) is 18.1. The number of hydrogen-bond donors (Lipinski definition) is 1. The molecule has 0 amide bonds. The molecule has 2 aliphatic heterocycles. The Morgan fingerprint density at radius 3 is 2.26 bits per heavy atom. The van der Waals surface area contributed by atoms with Gasteiger partial charge in [0.2, 0.25) is 6.79 Å². The maximum Gasteiger partial charge on any atom is 0.310 e. The fourth-order valence-corrected chi connectivity index (χ4v) is 4.14. The number of fused-ring (bicyclic) bond motifs is 1. The van der Waals surface area contributed by atoms with Crippen LogP contribution in [0.2, 0.25) is 0 Å². The van der Waals surface area contributed by atoms with Crippen molar-refractivity contribution < 1.29 is 23.7 Å². The van der Waals surface area contributed by atoms with Gasteiger partial charge in [0.05, 0.1) is 19.6 Å². The Balaban J connectivity index is 0.00000111. The molecule has 4 rings (SSSR count). The number of carbonyl (C=O) groups is 1. The first-order chi connectivity index (χ1) is 14.7. The van der Waals surface area contributed by atoms with Gasteiger partial charge in [-0.1, -0.05) is 39.5 Å². The van der Waals surface area contributed by atoms with E-state index in [1.165, 1.54) is 0 Å². The minimum Gasteiger partial charge on any atom is -0.497 e. The van der Waals surface area contributed by atoms with Crippen molar-refractivity contribution in [2.75, 3.05) is 33.6 Å². The number of piperidine rings is 1. The van der Waals surface area contributed by atoms with E-state index < -0.39 is 0 Å². The van der Waals surface area contributed by atoms with Crippen LogP contribution in [0.1, 0.15) is 51.2 Å². The normalized spacial score (nSPS) is 21.2. The summed E-state index contributed by atoms with van der Waals surface area (Å²) in [6.45, 7) is 7.87. The van der Waals surface area contributed by atoms with Crippen molar-refractivity contribution in [3.05, 3.63) is 53.6 Å². The van der Waals surface area contributed by atoms with Gasteiger partial charge in [-0.25, -0.2) is 0 Å². The largest absolute Gasteiger partial charge is 0.497 e. The Kier molecular flexibility index (Phi) is 9.19. The number of rotatable bonds is 5. The van der Waals surface area contributed by atoms with Crippen molar-refractivity contribution in [1.29, 1.82) is 0 Å². The van der Waals surface area contributed by atoms with Crippen LogP contribution in [0.5, 0.6) is 17.2 Å². The molecule has 6 nitrogen and oxygen atoms in total. The van der Waals surface area contributed by atoms with Gasteiger partial charge < -0.3 is 24.3 Å². The van der Waals surface area contributed by atoms with Gasteiger partial charge >= 0.3 is 5.97 Å². The number of hydrogen-bond acceptors (Lipinski definition) is 6. The Bertz CT molecular complexity index is 836. The van der Waals surface area contributed by atoms with Crippen molar-refractivity contribution in [3.63, 3.8) is 0 Å². The average Bonchev–Trinajstić information content (AvgIpc) is 3.28. The lowest BCUT2D eigenvalue weighted by Crippen LogP contribution is -2.45. The summed E-state index contributed by atoms with van der Waals surface area (Å²) in [6, 6.07) is 13.8. The molecule has 0 radical (unpaired) electrons. The highest BCUT2D eigenvalue weighted by Gasteiger charge is 2.41. The first-order valence-electron chi connectivity index (χ1n) is 10.6. The molecule has 0 bridgehead atoms. The first-order valence-corrected chi connectivity index (χ1v) is 10.6. The van der Waals surface area contributed by atoms with Crippen molar-refractivity contribution in [2.45, 2.75) is 40.0 Å². The molecule has 1 N–H and O–H groups in total. The van der Waals surface area contributed by atoms with Crippen LogP contribution in [0, 0.1) is 5.92 Å². The van der Waals surface area contributed by atoms with Crippen molar-refractivity contribution >= 4 is 5.97 Å². The zero-order valence-electron chi connectivity index (χ0n) is 18.1. The lowest BCUT2D eigenvalue weighted by molar-refractivity contribution is -0.150. The maximum atomic E-state index is 13.0. The Labute approximate surface area is 185 Å². The number of nitrogens with one attached hydrogen (secondary N) is 1. The molecule has 0 saturated carbocycles. The lowest BCUT2D eigenvalue weighted by atomic mass is 9.72. The van der Waals surface area contributed by atoms with Gasteiger partial charge in [0.25, 0.3) is 0 Å². The van der Waals surface area contributed by atoms with E-state index in [1.807, 2.05) is 63.2 Å². The van der Waals surface area contributed by atoms with Crippen LogP contribution in [-0.2, 0) is 9.53 Å². The van der Waals surface area contributed by atoms with E-state index in [0.717, 1.165) is 34.9 Å². The maximum absolute atomic E-state index is 13.0. The van der Waals surface area contributed by atoms with Crippen LogP contribution in [-0.4, -0.2) is 39.6 Å². The van der Waals surface area contributed by atoms with Gasteiger partial charge in [-0.05, 0) is 42.3 Å². The molecule has 0 spiro atoms. The van der Waals surface area contributed by atoms with Crippen LogP contribution < -0.4 is 19.5 Å². The second-order valence-corrected chi connectivity index (χ2v) is 7.03. The first kappa shape index (κ1) is 24.5. The summed E-state index contributed by atoms with van der Waals surface area (Å²) in [7, 11) is 1.65. The van der Waals surface area contributed by atoms with E-state index in [2.05, 4.69) is 5.32 Å². The molecule has 2 aliphatic rings. The SMILES string of the molecule is C.CC.CCOC(=O)C1C(c2ccc(OC)cc2)CNCC1c1ccc2c(c1)OCO2. The molecule has 3 atom stereocenters. The van der Waals surface area contributed by atoms with E-state index in [0.29, 0.717) is 13.2 Å². The number of esters is 1. The van der Waals surface area contributed by atoms with E-state index in [9.17, 15) is 4.79 Å². The van der Waals surface area contributed by atoms with Crippen molar-refractivity contribution in [3.8, 4) is 17.2 Å². The Hall–Kier alpha value is -2.73. The third kappa shape index (κ3) is 5.31. The Morgan fingerprint density at radius 2 is 1.61 bits per heavy atom. The molecular weight excluding hydrogens is 394 g/mol. The third-order valence-electron chi connectivity index (χ3n) is 5.52. The summed E-state index contributed by atoms with van der Waals surface area (Å²) in [6.07, 6.45) is 0. The third-order valence-corrected chi connectivity index (χ3v) is 5.52. The van der Waals surface area contributed by atoms with Crippen molar-refractivity contribution in [2.24, 2.45) is 5.92 Å². The average molecular weight is 430 g/mol. The predicted molar refractivity (Wildman–Crippen MR) is 122 cm³/mol. The van der Waals surface area contributed by atoms with Gasteiger partial charge in [-0.3, -0.25) is 4.79 Å².